The van der Waals surface area contributed by atoms with Crippen LogP contribution in [-0.2, 0) is 25.0 Å². The average Bonchev–Trinajstić information content (AvgIpc) is 3.09. The number of carboxylic acids is 1. The minimum absolute atomic E-state index is 0.000141. The van der Waals surface area contributed by atoms with Gasteiger partial charge in [0, 0.05) is 68.0 Å². The molecule has 3 aliphatic heterocycles. The maximum absolute atomic E-state index is 12.5. The van der Waals surface area contributed by atoms with Crippen molar-refractivity contribution in [2.45, 2.75) is 65.0 Å². The summed E-state index contributed by atoms with van der Waals surface area (Å²) in [4.78, 5) is 24.8. The highest BCUT2D eigenvalue weighted by Crippen LogP contribution is 2.46. The fourth-order valence-electron chi connectivity index (χ4n) is 7.37. The maximum Gasteiger partial charge on any atom is 0.336 e. The number of fused-ring (bicyclic) bond motifs is 4. The van der Waals surface area contributed by atoms with Crippen LogP contribution in [-0.4, -0.2) is 92.7 Å². The molecule has 3 aromatic rings. The van der Waals surface area contributed by atoms with E-state index >= 15 is 0 Å². The van der Waals surface area contributed by atoms with Crippen molar-refractivity contribution in [1.29, 1.82) is 0 Å². The lowest BCUT2D eigenvalue weighted by Crippen LogP contribution is -2.47. The lowest BCUT2D eigenvalue weighted by Gasteiger charge is -2.42. The zero-order chi connectivity index (χ0) is 42.2. The number of nitrogens with one attached hydrogen (secondary N) is 1. The largest absolute Gasteiger partial charge is 0.748 e. The highest BCUT2D eigenvalue weighted by molar-refractivity contribution is 7.86. The number of hydrogen-bond acceptors (Lipinski definition) is 10. The number of benzene rings is 3. The predicted molar refractivity (Wildman–Crippen MR) is 219 cm³/mol. The van der Waals surface area contributed by atoms with Crippen LogP contribution in [0, 0.1) is 0 Å². The number of rotatable bonds is 11. The second-order valence-electron chi connectivity index (χ2n) is 15.6. The van der Waals surface area contributed by atoms with Crippen molar-refractivity contribution >= 4 is 54.5 Å². The van der Waals surface area contributed by atoms with Crippen molar-refractivity contribution in [1.82, 2.24) is 9.89 Å². The van der Waals surface area contributed by atoms with E-state index in [9.17, 15) is 40.6 Å². The second-order valence-corrected chi connectivity index (χ2v) is 18.4. The Morgan fingerprint density at radius 2 is 1.56 bits per heavy atom. The molecule has 3 aromatic carbocycles. The third kappa shape index (κ3) is 9.64. The fourth-order valence-corrected chi connectivity index (χ4v) is 8.62. The predicted octanol–water partition coefficient (Wildman–Crippen LogP) is 3.33. The molecule has 1 amide bonds. The first kappa shape index (κ1) is 43.3. The van der Waals surface area contributed by atoms with Crippen molar-refractivity contribution < 1.29 is 45.4 Å². The van der Waals surface area contributed by atoms with Gasteiger partial charge in [-0.2, -0.15) is 8.42 Å². The third-order valence-electron chi connectivity index (χ3n) is 10.5. The van der Waals surface area contributed by atoms with E-state index in [-0.39, 0.29) is 11.5 Å². The van der Waals surface area contributed by atoms with E-state index in [0.29, 0.717) is 66.7 Å². The van der Waals surface area contributed by atoms with Crippen LogP contribution in [0.4, 0.5) is 5.69 Å². The Kier molecular flexibility index (Phi) is 12.3. The number of carbonyl (C=O) groups excluding carboxylic acids is 1. The number of likely N-dealkylation sites (N-methyl/N-ethyl adjacent to an activating group) is 2. The monoisotopic (exact) mass is 822 g/mol. The van der Waals surface area contributed by atoms with Gasteiger partial charge in [-0.25, -0.2) is 17.8 Å². The van der Waals surface area contributed by atoms with Gasteiger partial charge in [-0.15, -0.1) is 0 Å². The van der Waals surface area contributed by atoms with Crippen LogP contribution in [0.25, 0.3) is 16.7 Å². The Balaban J connectivity index is 0.000000548. The summed E-state index contributed by atoms with van der Waals surface area (Å²) in [6.45, 7) is 10.7. The van der Waals surface area contributed by atoms with E-state index < -0.39 is 48.8 Å². The van der Waals surface area contributed by atoms with E-state index in [1.165, 1.54) is 13.0 Å². The van der Waals surface area contributed by atoms with Gasteiger partial charge in [0.15, 0.2) is 5.54 Å². The number of unbranched alkanes of at least 4 members (excludes halogenated alkanes) is 2. The van der Waals surface area contributed by atoms with Crippen LogP contribution in [0.5, 0.6) is 11.5 Å². The van der Waals surface area contributed by atoms with Crippen LogP contribution in [0.2, 0.25) is 0 Å². The first-order chi connectivity index (χ1) is 26.4. The van der Waals surface area contributed by atoms with E-state index in [4.69, 9.17) is 10.5 Å². The highest BCUT2D eigenvalue weighted by Gasteiger charge is 2.37. The van der Waals surface area contributed by atoms with Crippen molar-refractivity contribution in [2.75, 3.05) is 43.6 Å². The molecule has 0 atom stereocenters. The van der Waals surface area contributed by atoms with Crippen molar-refractivity contribution in [3.8, 4) is 11.5 Å². The van der Waals surface area contributed by atoms with Gasteiger partial charge in [0.2, 0.25) is 11.3 Å². The molecule has 57 heavy (non-hydrogen) atoms. The normalized spacial score (nSPS) is 16.4. The summed E-state index contributed by atoms with van der Waals surface area (Å²) in [6.07, 6.45) is 6.71. The molecule has 3 heterocycles. The number of nitrogens with zero attached hydrogens (tertiary/aromatic N) is 2. The summed E-state index contributed by atoms with van der Waals surface area (Å²) in [5.74, 6) is -1.74. The van der Waals surface area contributed by atoms with Crippen molar-refractivity contribution in [2.24, 2.45) is 5.73 Å². The van der Waals surface area contributed by atoms with Gasteiger partial charge >= 0.3 is 5.97 Å². The lowest BCUT2D eigenvalue weighted by molar-refractivity contribution is -0.118. The molecule has 0 saturated carbocycles. The Labute approximate surface area is 333 Å². The SMILES string of the molecule is CC(=O)NCCCCCN.CN1c2cc3c(cc2C(CS(=O)(=O)[O-])=CC1(C)C)C(c1ccccc1C(=O)O)=c1cc2c(cc1O3)=[N+](C)C(C)(C)C=C2CS(=O)(=O)O. The standard InChI is InChI=1S/C34H34N2O9S2.C7H16N2O/c1-33(2)15-19(17-46(39,40)41)23-11-25-29(13-27(23)35(33)5)45-30-14-28-24(20(18-47(42,43)44)16-34(3,4)36(28)6)12-26(30)31(25)21-9-7-8-10-22(21)32(37)38;1-7(10)9-6-4-2-3-5-8/h7-16H,17-18H2,1-6H3,(H2-,37,38,39,40,41,42,43,44);2-6,8H2,1H3,(H,9,10). The molecule has 0 saturated heterocycles. The van der Waals surface area contributed by atoms with Gasteiger partial charge in [0.1, 0.15) is 24.3 Å². The Morgan fingerprint density at radius 3 is 2.18 bits per heavy atom. The molecular formula is C41H50N4O10S2. The molecule has 306 valence electrons. The van der Waals surface area contributed by atoms with Gasteiger partial charge in [-0.1, -0.05) is 30.7 Å². The Morgan fingerprint density at radius 1 is 0.895 bits per heavy atom. The van der Waals surface area contributed by atoms with Gasteiger partial charge in [-0.3, -0.25) is 9.35 Å². The van der Waals surface area contributed by atoms with Crippen LogP contribution in [0.1, 0.15) is 86.5 Å². The van der Waals surface area contributed by atoms with E-state index in [2.05, 4.69) is 5.32 Å². The quantitative estimate of drug-likeness (QED) is 0.0973. The first-order valence-electron chi connectivity index (χ1n) is 18.4. The zero-order valence-corrected chi connectivity index (χ0v) is 34.8. The summed E-state index contributed by atoms with van der Waals surface area (Å²) in [6, 6.07) is 13.4. The molecule has 3 aliphatic rings. The number of carboxylic acid groups (broad SMARTS) is 1. The molecule has 14 nitrogen and oxygen atoms in total. The molecular weight excluding hydrogens is 773 g/mol. The topological polar surface area (TPSA) is 219 Å². The number of aromatic carboxylic acids is 1. The number of anilines is 1. The van der Waals surface area contributed by atoms with Gasteiger partial charge < -0.3 is 30.3 Å². The molecule has 6 rings (SSSR count). The van der Waals surface area contributed by atoms with Crippen LogP contribution in [0.15, 0.2) is 60.7 Å². The minimum atomic E-state index is -4.67. The fraction of sp³-hybridized carbons (Fsp3) is 0.390. The van der Waals surface area contributed by atoms with Crippen LogP contribution < -0.4 is 35.8 Å². The number of hydrogen-bond donors (Lipinski definition) is 4. The maximum atomic E-state index is 12.5. The molecule has 0 aromatic heterocycles. The summed E-state index contributed by atoms with van der Waals surface area (Å²) in [5, 5.41) is 14.1. The number of amides is 1. The summed E-state index contributed by atoms with van der Waals surface area (Å²) < 4.78 is 78.7. The Bertz CT molecular complexity index is 2560. The number of nitrogens with two attached hydrogens (primary N) is 1. The second kappa shape index (κ2) is 16.2. The molecule has 0 bridgehead atoms. The van der Waals surface area contributed by atoms with Gasteiger partial charge in [0.05, 0.1) is 38.6 Å². The smallest absolute Gasteiger partial charge is 0.336 e. The van der Waals surface area contributed by atoms with E-state index in [0.717, 1.165) is 32.4 Å². The van der Waals surface area contributed by atoms with E-state index in [1.807, 2.05) is 51.3 Å². The lowest BCUT2D eigenvalue weighted by atomic mass is 9.83. The first-order valence-corrected chi connectivity index (χ1v) is 21.6. The third-order valence-corrected chi connectivity index (χ3v) is 11.8. The Hall–Kier alpha value is -4.87. The molecule has 5 N–H and O–H groups in total. The van der Waals surface area contributed by atoms with Crippen molar-refractivity contribution in [3.05, 3.63) is 99.1 Å². The van der Waals surface area contributed by atoms with Crippen molar-refractivity contribution in [3.63, 3.8) is 0 Å². The molecule has 16 heteroatoms. The van der Waals surface area contributed by atoms with Gasteiger partial charge in [-0.05, 0) is 74.2 Å². The van der Waals surface area contributed by atoms with Gasteiger partial charge in [0.25, 0.3) is 10.1 Å². The summed E-state index contributed by atoms with van der Waals surface area (Å²) in [7, 11) is -5.38. The number of carbonyl (C=O) groups is 2. The summed E-state index contributed by atoms with van der Waals surface area (Å²) >= 11 is 0. The molecule has 0 fully saturated rings. The molecule has 0 radical (unpaired) electrons. The zero-order valence-electron chi connectivity index (χ0n) is 33.2. The molecule has 0 unspecified atom stereocenters. The molecule has 0 aliphatic carbocycles. The van der Waals surface area contributed by atoms with E-state index in [1.54, 1.807) is 54.6 Å². The highest BCUT2D eigenvalue weighted by atomic mass is 32.2. The summed E-state index contributed by atoms with van der Waals surface area (Å²) in [5.41, 5.74) is 7.55. The van der Waals surface area contributed by atoms with Crippen LogP contribution in [0.3, 0.4) is 0 Å². The number of ether oxygens (including phenoxy) is 1. The van der Waals surface area contributed by atoms with Crippen LogP contribution >= 0.6 is 0 Å². The minimum Gasteiger partial charge on any atom is -0.748 e. The molecule has 0 spiro atoms. The average molecular weight is 823 g/mol.